The fourth-order valence-electron chi connectivity index (χ4n) is 2.59. The summed E-state index contributed by atoms with van der Waals surface area (Å²) in [6.07, 6.45) is 1.24. The Morgan fingerprint density at radius 2 is 2.33 bits per heavy atom. The first-order valence-corrected chi connectivity index (χ1v) is 7.00. The van der Waals surface area contributed by atoms with Gasteiger partial charge in [0.15, 0.2) is 0 Å². The number of nitrogens with zero attached hydrogens (tertiary/aromatic N) is 4. The fourth-order valence-corrected chi connectivity index (χ4v) is 2.59. The Hall–Kier alpha value is -1.96. The van der Waals surface area contributed by atoms with Crippen molar-refractivity contribution < 1.29 is 9.66 Å². The van der Waals surface area contributed by atoms with Gasteiger partial charge in [0.1, 0.15) is 6.20 Å². The van der Waals surface area contributed by atoms with E-state index in [4.69, 9.17) is 4.74 Å². The van der Waals surface area contributed by atoms with Crippen LogP contribution in [-0.4, -0.2) is 46.2 Å². The standard InChI is InChI=1S/C13H21N5O3/c1-5-14-12-15-6-10(18(19)20)11(16-12)17-7-9(2)21-13(3,4)8-17/h6,9H,5,7-8H2,1-4H3,(H,14,15,16). The zero-order valence-corrected chi connectivity index (χ0v) is 12.8. The van der Waals surface area contributed by atoms with Crippen molar-refractivity contribution in [3.63, 3.8) is 0 Å². The van der Waals surface area contributed by atoms with Gasteiger partial charge in [0.05, 0.1) is 16.6 Å². The van der Waals surface area contributed by atoms with Gasteiger partial charge in [0, 0.05) is 19.6 Å². The van der Waals surface area contributed by atoms with Gasteiger partial charge in [-0.15, -0.1) is 0 Å². The number of aromatic nitrogens is 2. The van der Waals surface area contributed by atoms with Gasteiger partial charge in [-0.05, 0) is 27.7 Å². The largest absolute Gasteiger partial charge is 0.369 e. The molecule has 0 aromatic carbocycles. The highest BCUT2D eigenvalue weighted by Gasteiger charge is 2.35. The van der Waals surface area contributed by atoms with Gasteiger partial charge in [-0.1, -0.05) is 0 Å². The molecule has 0 aliphatic carbocycles. The van der Waals surface area contributed by atoms with Gasteiger partial charge in [-0.3, -0.25) is 10.1 Å². The van der Waals surface area contributed by atoms with Crippen LogP contribution in [0.15, 0.2) is 6.20 Å². The third kappa shape index (κ3) is 3.57. The average Bonchev–Trinajstić information content (AvgIpc) is 2.36. The van der Waals surface area contributed by atoms with Gasteiger partial charge >= 0.3 is 5.69 Å². The lowest BCUT2D eigenvalue weighted by atomic mass is 10.1. The number of hydrogen-bond donors (Lipinski definition) is 1. The second-order valence-corrected chi connectivity index (χ2v) is 5.76. The van der Waals surface area contributed by atoms with Gasteiger partial charge in [0.25, 0.3) is 0 Å². The van der Waals surface area contributed by atoms with Crippen LogP contribution >= 0.6 is 0 Å². The highest BCUT2D eigenvalue weighted by Crippen LogP contribution is 2.31. The van der Waals surface area contributed by atoms with E-state index in [1.165, 1.54) is 6.20 Å². The molecule has 1 aromatic heterocycles. The van der Waals surface area contributed by atoms with Crippen LogP contribution in [0.5, 0.6) is 0 Å². The molecule has 1 fully saturated rings. The molecule has 1 aromatic rings. The Morgan fingerprint density at radius 1 is 1.62 bits per heavy atom. The predicted octanol–water partition coefficient (Wildman–Crippen LogP) is 1.82. The number of morpholine rings is 1. The van der Waals surface area contributed by atoms with Crippen LogP contribution in [0.25, 0.3) is 0 Å². The van der Waals surface area contributed by atoms with Crippen LogP contribution < -0.4 is 10.2 Å². The van der Waals surface area contributed by atoms with E-state index in [1.54, 1.807) is 0 Å². The fraction of sp³-hybridized carbons (Fsp3) is 0.692. The van der Waals surface area contributed by atoms with Crippen molar-refractivity contribution in [2.75, 3.05) is 29.9 Å². The molecule has 2 rings (SSSR count). The van der Waals surface area contributed by atoms with Crippen LogP contribution in [0.4, 0.5) is 17.5 Å². The lowest BCUT2D eigenvalue weighted by molar-refractivity contribution is -0.384. The van der Waals surface area contributed by atoms with Gasteiger partial charge in [-0.2, -0.15) is 4.98 Å². The maximum atomic E-state index is 11.2. The first kappa shape index (κ1) is 15.4. The summed E-state index contributed by atoms with van der Waals surface area (Å²) in [6.45, 7) is 9.56. The third-order valence-electron chi connectivity index (χ3n) is 3.15. The van der Waals surface area contributed by atoms with Crippen LogP contribution in [0.2, 0.25) is 0 Å². The van der Waals surface area contributed by atoms with Crippen molar-refractivity contribution >= 4 is 17.5 Å². The molecule has 1 atom stereocenters. The normalized spacial score (nSPS) is 21.1. The van der Waals surface area contributed by atoms with Crippen molar-refractivity contribution in [3.8, 4) is 0 Å². The molecule has 0 bridgehead atoms. The summed E-state index contributed by atoms with van der Waals surface area (Å²) in [5.41, 5.74) is -0.462. The minimum absolute atomic E-state index is 0.0223. The molecule has 2 heterocycles. The van der Waals surface area contributed by atoms with E-state index >= 15 is 0 Å². The second-order valence-electron chi connectivity index (χ2n) is 5.76. The highest BCUT2D eigenvalue weighted by atomic mass is 16.6. The molecule has 0 radical (unpaired) electrons. The molecule has 1 N–H and O–H groups in total. The monoisotopic (exact) mass is 295 g/mol. The summed E-state index contributed by atoms with van der Waals surface area (Å²) in [5, 5.41) is 14.2. The van der Waals surface area contributed by atoms with E-state index in [9.17, 15) is 10.1 Å². The van der Waals surface area contributed by atoms with E-state index < -0.39 is 4.92 Å². The molecule has 0 spiro atoms. The summed E-state index contributed by atoms with van der Waals surface area (Å²) >= 11 is 0. The number of hydrogen-bond acceptors (Lipinski definition) is 7. The molecule has 8 heteroatoms. The molecular formula is C13H21N5O3. The molecule has 1 aliphatic heterocycles. The van der Waals surface area contributed by atoms with Crippen LogP contribution in [0.3, 0.4) is 0 Å². The SMILES string of the molecule is CCNc1ncc([N+](=O)[O-])c(N2CC(C)OC(C)(C)C2)n1. The van der Waals surface area contributed by atoms with E-state index in [2.05, 4.69) is 15.3 Å². The average molecular weight is 295 g/mol. The van der Waals surface area contributed by atoms with Crippen molar-refractivity contribution in [2.45, 2.75) is 39.4 Å². The highest BCUT2D eigenvalue weighted by molar-refractivity contribution is 5.59. The Labute approximate surface area is 123 Å². The molecule has 1 unspecified atom stereocenters. The van der Waals surface area contributed by atoms with Crippen LogP contribution in [0.1, 0.15) is 27.7 Å². The molecule has 1 aliphatic rings. The molecule has 116 valence electrons. The third-order valence-corrected chi connectivity index (χ3v) is 3.15. The Morgan fingerprint density at radius 3 is 2.90 bits per heavy atom. The van der Waals surface area contributed by atoms with E-state index in [1.807, 2.05) is 32.6 Å². The van der Waals surface area contributed by atoms with Crippen LogP contribution in [0, 0.1) is 10.1 Å². The Balaban J connectivity index is 2.39. The first-order chi connectivity index (χ1) is 9.82. The van der Waals surface area contributed by atoms with Crippen molar-refractivity contribution in [2.24, 2.45) is 0 Å². The van der Waals surface area contributed by atoms with Gasteiger partial charge < -0.3 is 15.0 Å². The quantitative estimate of drug-likeness (QED) is 0.668. The molecule has 0 amide bonds. The van der Waals surface area contributed by atoms with E-state index in [0.717, 1.165) is 0 Å². The van der Waals surface area contributed by atoms with Crippen molar-refractivity contribution in [1.82, 2.24) is 9.97 Å². The van der Waals surface area contributed by atoms with Gasteiger partial charge in [0.2, 0.25) is 11.8 Å². The minimum atomic E-state index is -0.446. The van der Waals surface area contributed by atoms with E-state index in [0.29, 0.717) is 31.4 Å². The second kappa shape index (κ2) is 5.80. The Kier molecular flexibility index (Phi) is 4.26. The Bertz CT molecular complexity index is 535. The first-order valence-electron chi connectivity index (χ1n) is 7.00. The van der Waals surface area contributed by atoms with Gasteiger partial charge in [-0.25, -0.2) is 4.98 Å². The van der Waals surface area contributed by atoms with Crippen molar-refractivity contribution in [1.29, 1.82) is 0 Å². The maximum absolute atomic E-state index is 11.2. The smallest absolute Gasteiger partial charge is 0.329 e. The summed E-state index contributed by atoms with van der Waals surface area (Å²) in [6, 6.07) is 0. The zero-order chi connectivity index (χ0) is 15.6. The number of nitrogens with one attached hydrogen (secondary N) is 1. The topological polar surface area (TPSA) is 93.4 Å². The molecule has 1 saturated heterocycles. The molecule has 21 heavy (non-hydrogen) atoms. The molecule has 8 nitrogen and oxygen atoms in total. The summed E-state index contributed by atoms with van der Waals surface area (Å²) in [5.74, 6) is 0.740. The number of rotatable bonds is 4. The molecular weight excluding hydrogens is 274 g/mol. The summed E-state index contributed by atoms with van der Waals surface area (Å²) in [7, 11) is 0. The summed E-state index contributed by atoms with van der Waals surface area (Å²) < 4.78 is 5.83. The van der Waals surface area contributed by atoms with E-state index in [-0.39, 0.29) is 17.4 Å². The number of nitro groups is 1. The number of ether oxygens (including phenoxy) is 1. The lowest BCUT2D eigenvalue weighted by Crippen LogP contribution is -2.52. The molecule has 0 saturated carbocycles. The summed E-state index contributed by atoms with van der Waals surface area (Å²) in [4.78, 5) is 21.0. The van der Waals surface area contributed by atoms with Crippen molar-refractivity contribution in [3.05, 3.63) is 16.3 Å². The van der Waals surface area contributed by atoms with Crippen LogP contribution in [-0.2, 0) is 4.74 Å². The number of anilines is 2. The lowest BCUT2D eigenvalue weighted by Gasteiger charge is -2.41. The zero-order valence-electron chi connectivity index (χ0n) is 12.8. The minimum Gasteiger partial charge on any atom is -0.369 e. The maximum Gasteiger partial charge on any atom is 0.329 e. The predicted molar refractivity (Wildman–Crippen MR) is 79.7 cm³/mol.